The molecule has 1 aliphatic heterocycles. The van der Waals surface area contributed by atoms with Crippen LogP contribution in [0.2, 0.25) is 0 Å². The Kier molecular flexibility index (Phi) is 5.71. The predicted octanol–water partition coefficient (Wildman–Crippen LogP) is 4.61. The summed E-state index contributed by atoms with van der Waals surface area (Å²) in [6.07, 6.45) is 2.88. The molecule has 2 aromatic heterocycles. The Morgan fingerprint density at radius 3 is 2.59 bits per heavy atom. The van der Waals surface area contributed by atoms with E-state index in [1.54, 1.807) is 0 Å². The van der Waals surface area contributed by atoms with Crippen LogP contribution in [0.5, 0.6) is 11.5 Å². The lowest BCUT2D eigenvalue weighted by atomic mass is 10.1. The standard InChI is InChI=1S/C26H26N6O2/c1-3-17(2)26(33)31-14-13-19(15-31)32-25-22(24(27)28-16-29-25)23(30-32)18-9-11-21(12-10-18)34-20-7-5-4-6-8-20/h4-12,16,19H,2-3,13-15H2,1H3,(H2,27,28,29). The molecule has 0 saturated carbocycles. The minimum atomic E-state index is -0.000145. The Labute approximate surface area is 197 Å². The summed E-state index contributed by atoms with van der Waals surface area (Å²) < 4.78 is 7.80. The van der Waals surface area contributed by atoms with Crippen LogP contribution in [-0.2, 0) is 4.79 Å². The molecule has 2 aromatic carbocycles. The molecule has 1 amide bonds. The summed E-state index contributed by atoms with van der Waals surface area (Å²) in [4.78, 5) is 23.1. The lowest BCUT2D eigenvalue weighted by Gasteiger charge is -2.17. The molecule has 0 spiro atoms. The van der Waals surface area contributed by atoms with Gasteiger partial charge in [0.15, 0.2) is 5.65 Å². The van der Waals surface area contributed by atoms with E-state index in [2.05, 4.69) is 16.5 Å². The molecule has 34 heavy (non-hydrogen) atoms. The summed E-state index contributed by atoms with van der Waals surface area (Å²) in [5.41, 5.74) is 9.15. The van der Waals surface area contributed by atoms with Gasteiger partial charge in [-0.05, 0) is 49.2 Å². The second-order valence-electron chi connectivity index (χ2n) is 8.34. The van der Waals surface area contributed by atoms with Crippen molar-refractivity contribution < 1.29 is 9.53 Å². The van der Waals surface area contributed by atoms with Gasteiger partial charge >= 0.3 is 0 Å². The van der Waals surface area contributed by atoms with Crippen molar-refractivity contribution in [3.05, 3.63) is 73.1 Å². The molecule has 8 nitrogen and oxygen atoms in total. The van der Waals surface area contributed by atoms with Crippen LogP contribution < -0.4 is 10.5 Å². The Morgan fingerprint density at radius 1 is 1.12 bits per heavy atom. The summed E-state index contributed by atoms with van der Waals surface area (Å²) in [6.45, 7) is 7.05. The van der Waals surface area contributed by atoms with Crippen LogP contribution in [0.1, 0.15) is 25.8 Å². The van der Waals surface area contributed by atoms with Crippen molar-refractivity contribution in [3.63, 3.8) is 0 Å². The number of hydrogen-bond acceptors (Lipinski definition) is 6. The van der Waals surface area contributed by atoms with Gasteiger partial charge in [0.1, 0.15) is 29.3 Å². The number of ether oxygens (including phenoxy) is 1. The van der Waals surface area contributed by atoms with Crippen molar-refractivity contribution in [2.24, 2.45) is 0 Å². The maximum Gasteiger partial charge on any atom is 0.249 e. The average molecular weight is 455 g/mol. The molecule has 3 heterocycles. The van der Waals surface area contributed by atoms with E-state index in [4.69, 9.17) is 15.6 Å². The van der Waals surface area contributed by atoms with Gasteiger partial charge in [-0.2, -0.15) is 5.10 Å². The number of likely N-dealkylation sites (tertiary alicyclic amines) is 1. The molecule has 0 radical (unpaired) electrons. The summed E-state index contributed by atoms with van der Waals surface area (Å²) in [7, 11) is 0. The third-order valence-corrected chi connectivity index (χ3v) is 6.15. The quantitative estimate of drug-likeness (QED) is 0.427. The maximum absolute atomic E-state index is 12.6. The van der Waals surface area contributed by atoms with E-state index in [9.17, 15) is 4.79 Å². The Hall–Kier alpha value is -4.20. The number of anilines is 1. The Balaban J connectivity index is 1.46. The molecule has 1 saturated heterocycles. The van der Waals surface area contributed by atoms with Gasteiger partial charge in [-0.1, -0.05) is 31.7 Å². The van der Waals surface area contributed by atoms with E-state index in [1.165, 1.54) is 6.33 Å². The summed E-state index contributed by atoms with van der Waals surface area (Å²) >= 11 is 0. The first kappa shape index (κ1) is 21.6. The van der Waals surface area contributed by atoms with E-state index in [-0.39, 0.29) is 11.9 Å². The van der Waals surface area contributed by atoms with Crippen molar-refractivity contribution in [2.75, 3.05) is 18.8 Å². The van der Waals surface area contributed by atoms with Crippen LogP contribution in [0.15, 0.2) is 73.1 Å². The zero-order chi connectivity index (χ0) is 23.7. The van der Waals surface area contributed by atoms with Gasteiger partial charge in [-0.3, -0.25) is 4.79 Å². The van der Waals surface area contributed by atoms with E-state index in [1.807, 2.05) is 71.1 Å². The number of nitrogens with zero attached hydrogens (tertiary/aromatic N) is 5. The third-order valence-electron chi connectivity index (χ3n) is 6.15. The predicted molar refractivity (Wildman–Crippen MR) is 131 cm³/mol. The SMILES string of the molecule is C=C(CC)C(=O)N1CCC(n2nc(-c3ccc(Oc4ccccc4)cc3)c3c(N)ncnc32)C1. The molecule has 1 aliphatic rings. The van der Waals surface area contributed by atoms with Crippen LogP contribution >= 0.6 is 0 Å². The topological polar surface area (TPSA) is 99.2 Å². The first-order chi connectivity index (χ1) is 16.5. The molecule has 0 bridgehead atoms. The number of aromatic nitrogens is 4. The van der Waals surface area contributed by atoms with Gasteiger partial charge in [0.25, 0.3) is 0 Å². The summed E-state index contributed by atoms with van der Waals surface area (Å²) in [6, 6.07) is 17.3. The number of fused-ring (bicyclic) bond motifs is 1. The fraction of sp³-hybridized carbons (Fsp3) is 0.231. The summed E-state index contributed by atoms with van der Waals surface area (Å²) in [5.74, 6) is 1.88. The van der Waals surface area contributed by atoms with Crippen LogP contribution in [0.3, 0.4) is 0 Å². The number of carbonyl (C=O) groups excluding carboxylic acids is 1. The highest BCUT2D eigenvalue weighted by Gasteiger charge is 2.31. The van der Waals surface area contributed by atoms with Gasteiger partial charge < -0.3 is 15.4 Å². The van der Waals surface area contributed by atoms with Crippen molar-refractivity contribution in [2.45, 2.75) is 25.8 Å². The fourth-order valence-electron chi connectivity index (χ4n) is 4.26. The zero-order valence-electron chi connectivity index (χ0n) is 19.0. The van der Waals surface area contributed by atoms with E-state index < -0.39 is 0 Å². The van der Waals surface area contributed by atoms with Gasteiger partial charge in [-0.15, -0.1) is 0 Å². The third kappa shape index (κ3) is 3.98. The normalized spacial score (nSPS) is 15.6. The van der Waals surface area contributed by atoms with Gasteiger partial charge in [0.2, 0.25) is 5.91 Å². The molecule has 8 heteroatoms. The number of benzene rings is 2. The molecule has 4 aromatic rings. The number of carbonyl (C=O) groups is 1. The lowest BCUT2D eigenvalue weighted by Crippen LogP contribution is -2.30. The van der Waals surface area contributed by atoms with Crippen LogP contribution in [0, 0.1) is 0 Å². The Morgan fingerprint density at radius 2 is 1.85 bits per heavy atom. The number of hydrogen-bond donors (Lipinski definition) is 1. The first-order valence-electron chi connectivity index (χ1n) is 11.3. The number of para-hydroxylation sites is 1. The van der Waals surface area contributed by atoms with Gasteiger partial charge in [-0.25, -0.2) is 14.6 Å². The van der Waals surface area contributed by atoms with E-state index in [0.717, 1.165) is 23.5 Å². The molecule has 1 fully saturated rings. The zero-order valence-corrected chi connectivity index (χ0v) is 19.0. The molecular formula is C26H26N6O2. The molecule has 1 unspecified atom stereocenters. The second kappa shape index (κ2) is 8.97. The number of amides is 1. The number of rotatable bonds is 6. The minimum Gasteiger partial charge on any atom is -0.457 e. The molecule has 5 rings (SSSR count). The van der Waals surface area contributed by atoms with Gasteiger partial charge in [0.05, 0.1) is 11.4 Å². The Bertz CT molecular complexity index is 1350. The monoisotopic (exact) mass is 454 g/mol. The molecule has 2 N–H and O–H groups in total. The maximum atomic E-state index is 12.6. The largest absolute Gasteiger partial charge is 0.457 e. The minimum absolute atomic E-state index is 0.000145. The van der Waals surface area contributed by atoms with Crippen LogP contribution in [-0.4, -0.2) is 43.6 Å². The smallest absolute Gasteiger partial charge is 0.249 e. The van der Waals surface area contributed by atoms with Gasteiger partial charge in [0, 0.05) is 24.2 Å². The molecular weight excluding hydrogens is 428 g/mol. The fourth-order valence-corrected chi connectivity index (χ4v) is 4.26. The number of nitrogens with two attached hydrogens (primary N) is 1. The van der Waals surface area contributed by atoms with Crippen molar-refractivity contribution in [3.8, 4) is 22.8 Å². The molecule has 0 aliphatic carbocycles. The van der Waals surface area contributed by atoms with Crippen LogP contribution in [0.25, 0.3) is 22.3 Å². The van der Waals surface area contributed by atoms with Crippen LogP contribution in [0.4, 0.5) is 5.82 Å². The van der Waals surface area contributed by atoms with E-state index >= 15 is 0 Å². The average Bonchev–Trinajstić information content (AvgIpc) is 3.50. The summed E-state index contributed by atoms with van der Waals surface area (Å²) in [5, 5.41) is 5.62. The highest BCUT2D eigenvalue weighted by atomic mass is 16.5. The number of nitrogen functional groups attached to an aromatic ring is 1. The lowest BCUT2D eigenvalue weighted by molar-refractivity contribution is -0.126. The van der Waals surface area contributed by atoms with Crippen molar-refractivity contribution >= 4 is 22.8 Å². The second-order valence-corrected chi connectivity index (χ2v) is 8.34. The molecule has 172 valence electrons. The highest BCUT2D eigenvalue weighted by Crippen LogP contribution is 2.35. The molecule has 1 atom stereocenters. The van der Waals surface area contributed by atoms with E-state index in [0.29, 0.717) is 47.6 Å². The van der Waals surface area contributed by atoms with Crippen molar-refractivity contribution in [1.82, 2.24) is 24.6 Å². The first-order valence-corrected chi connectivity index (χ1v) is 11.3. The van der Waals surface area contributed by atoms with Crippen molar-refractivity contribution in [1.29, 1.82) is 0 Å². The highest BCUT2D eigenvalue weighted by molar-refractivity contribution is 5.98.